The number of carbonyl (C=O) groups is 1. The third kappa shape index (κ3) is 4.79. The Balaban J connectivity index is 1.58. The molecule has 0 saturated carbocycles. The topological polar surface area (TPSA) is 108 Å². The van der Waals surface area contributed by atoms with Gasteiger partial charge in [-0.1, -0.05) is 0 Å². The summed E-state index contributed by atoms with van der Waals surface area (Å²) >= 11 is 0. The predicted molar refractivity (Wildman–Crippen MR) is 121 cm³/mol. The Bertz CT molecular complexity index is 1270. The fourth-order valence-electron chi connectivity index (χ4n) is 3.94. The van der Waals surface area contributed by atoms with E-state index in [1.165, 1.54) is 7.11 Å². The second kappa shape index (κ2) is 9.80. The molecule has 1 aliphatic heterocycles. The van der Waals surface area contributed by atoms with E-state index in [0.717, 1.165) is 18.0 Å². The van der Waals surface area contributed by atoms with E-state index >= 15 is 0 Å². The Hall–Kier alpha value is -4.10. The van der Waals surface area contributed by atoms with Crippen LogP contribution in [0.1, 0.15) is 21.6 Å². The molecule has 1 fully saturated rings. The monoisotopic (exact) mass is 464 g/mol. The second-order valence-electron chi connectivity index (χ2n) is 7.81. The van der Waals surface area contributed by atoms with E-state index in [-0.39, 0.29) is 23.7 Å². The summed E-state index contributed by atoms with van der Waals surface area (Å²) in [6, 6.07) is 11.5. The van der Waals surface area contributed by atoms with Gasteiger partial charge in [0.25, 0.3) is 5.91 Å². The Morgan fingerprint density at radius 1 is 1.18 bits per heavy atom. The van der Waals surface area contributed by atoms with Gasteiger partial charge in [-0.15, -0.1) is 0 Å². The molecule has 0 bridgehead atoms. The lowest BCUT2D eigenvalue weighted by molar-refractivity contribution is 0.0996. The van der Waals surface area contributed by atoms with Crippen molar-refractivity contribution in [1.82, 2.24) is 14.9 Å². The lowest BCUT2D eigenvalue weighted by Gasteiger charge is -2.37. The highest BCUT2D eigenvalue weighted by molar-refractivity contribution is 5.95. The number of ether oxygens (including phenoxy) is 1. The van der Waals surface area contributed by atoms with Crippen molar-refractivity contribution >= 4 is 11.6 Å². The average Bonchev–Trinajstić information content (AvgIpc) is 2.85. The van der Waals surface area contributed by atoms with Gasteiger partial charge in [0.05, 0.1) is 36.3 Å². The quantitative estimate of drug-likeness (QED) is 0.598. The molecule has 0 atom stereocenters. The van der Waals surface area contributed by atoms with Crippen molar-refractivity contribution in [3.8, 4) is 23.2 Å². The van der Waals surface area contributed by atoms with Gasteiger partial charge in [0.1, 0.15) is 17.2 Å². The van der Waals surface area contributed by atoms with E-state index in [9.17, 15) is 18.8 Å². The molecule has 0 aliphatic carbocycles. The first-order valence-corrected chi connectivity index (χ1v) is 10.6. The van der Waals surface area contributed by atoms with Crippen LogP contribution in [0.15, 0.2) is 42.6 Å². The van der Waals surface area contributed by atoms with Crippen LogP contribution in [0.5, 0.6) is 5.88 Å². The minimum absolute atomic E-state index is 0.108. The molecular weight excluding hydrogens is 442 g/mol. The zero-order valence-electron chi connectivity index (χ0n) is 18.5. The number of aromatic nitrogens is 2. The third-order valence-electron chi connectivity index (χ3n) is 5.69. The summed E-state index contributed by atoms with van der Waals surface area (Å²) < 4.78 is 32.4. The van der Waals surface area contributed by atoms with Crippen LogP contribution in [0.4, 0.5) is 14.5 Å². The first-order chi connectivity index (χ1) is 16.4. The maximum Gasteiger partial charge on any atom is 0.254 e. The van der Waals surface area contributed by atoms with E-state index in [1.807, 2.05) is 11.0 Å². The molecule has 0 spiro atoms. The number of amides is 1. The maximum atomic E-state index is 14.0. The molecule has 174 valence electrons. The summed E-state index contributed by atoms with van der Waals surface area (Å²) in [4.78, 5) is 24.2. The molecule has 8 nitrogen and oxygen atoms in total. The summed E-state index contributed by atoms with van der Waals surface area (Å²) in [6.45, 7) is 2.83. The second-order valence-corrected chi connectivity index (χ2v) is 7.81. The molecule has 3 aromatic rings. The van der Waals surface area contributed by atoms with Crippen molar-refractivity contribution in [2.24, 2.45) is 5.73 Å². The molecule has 2 aromatic heterocycles. The average molecular weight is 464 g/mol. The number of piperazine rings is 1. The predicted octanol–water partition coefficient (Wildman–Crippen LogP) is 2.72. The van der Waals surface area contributed by atoms with Crippen LogP contribution in [-0.4, -0.2) is 54.1 Å². The van der Waals surface area contributed by atoms with Gasteiger partial charge in [-0.25, -0.2) is 13.8 Å². The van der Waals surface area contributed by atoms with E-state index in [1.54, 1.807) is 24.3 Å². The van der Waals surface area contributed by atoms with Gasteiger partial charge >= 0.3 is 0 Å². The lowest BCUT2D eigenvalue weighted by Crippen LogP contribution is -2.46. The summed E-state index contributed by atoms with van der Waals surface area (Å²) in [6.07, 6.45) is 1.02. The smallest absolute Gasteiger partial charge is 0.254 e. The van der Waals surface area contributed by atoms with Gasteiger partial charge in [0.2, 0.25) is 5.88 Å². The molecule has 3 heterocycles. The van der Waals surface area contributed by atoms with Crippen molar-refractivity contribution < 1.29 is 18.3 Å². The molecular formula is C24H22F2N6O2. The minimum atomic E-state index is -0.700. The van der Waals surface area contributed by atoms with Crippen LogP contribution >= 0.6 is 0 Å². The molecule has 1 aliphatic rings. The number of hydrogen-bond donors (Lipinski definition) is 1. The third-order valence-corrected chi connectivity index (χ3v) is 5.69. The standard InChI is InChI=1S/C24H22F2N6O2/c1-34-24-17(23(28)33)3-4-20(30-24)18-10-15(12-27)2-5-22(18)32-8-6-31(7-9-32)14-21-19(26)11-16(25)13-29-21/h2-5,10-11,13H,6-9,14H2,1H3,(H2,28,33). The number of benzene rings is 1. The largest absolute Gasteiger partial charge is 0.480 e. The maximum absolute atomic E-state index is 14.0. The van der Waals surface area contributed by atoms with Crippen LogP contribution in [-0.2, 0) is 6.54 Å². The number of nitrogens with zero attached hydrogens (tertiary/aromatic N) is 5. The van der Waals surface area contributed by atoms with Crippen molar-refractivity contribution in [2.75, 3.05) is 38.2 Å². The number of rotatable bonds is 6. The van der Waals surface area contributed by atoms with Crippen LogP contribution in [0.3, 0.4) is 0 Å². The van der Waals surface area contributed by atoms with Crippen molar-refractivity contribution in [2.45, 2.75) is 6.54 Å². The molecule has 4 rings (SSSR count). The van der Waals surface area contributed by atoms with Crippen molar-refractivity contribution in [1.29, 1.82) is 5.26 Å². The van der Waals surface area contributed by atoms with E-state index in [0.29, 0.717) is 43.0 Å². The molecule has 1 aromatic carbocycles. The Kier molecular flexibility index (Phi) is 6.65. The zero-order valence-corrected chi connectivity index (χ0v) is 18.5. The van der Waals surface area contributed by atoms with Crippen LogP contribution in [0, 0.1) is 23.0 Å². The normalized spacial score (nSPS) is 14.0. The molecule has 1 amide bonds. The minimum Gasteiger partial charge on any atom is -0.480 e. The molecule has 10 heteroatoms. The number of methoxy groups -OCH3 is 1. The molecule has 34 heavy (non-hydrogen) atoms. The highest BCUT2D eigenvalue weighted by Crippen LogP contribution is 2.33. The van der Waals surface area contributed by atoms with E-state index in [4.69, 9.17) is 10.5 Å². The zero-order chi connectivity index (χ0) is 24.2. The number of nitriles is 1. The summed E-state index contributed by atoms with van der Waals surface area (Å²) in [7, 11) is 1.41. The number of pyridine rings is 2. The van der Waals surface area contributed by atoms with Crippen molar-refractivity contribution in [3.05, 3.63) is 71.1 Å². The number of anilines is 1. The number of carbonyl (C=O) groups excluding carboxylic acids is 1. The van der Waals surface area contributed by atoms with Gasteiger partial charge < -0.3 is 15.4 Å². The highest BCUT2D eigenvalue weighted by atomic mass is 19.1. The summed E-state index contributed by atoms with van der Waals surface area (Å²) in [5.41, 5.74) is 8.36. The molecule has 1 saturated heterocycles. The van der Waals surface area contributed by atoms with E-state index < -0.39 is 17.5 Å². The number of halogens is 2. The van der Waals surface area contributed by atoms with Crippen LogP contribution in [0.25, 0.3) is 11.3 Å². The fourth-order valence-corrected chi connectivity index (χ4v) is 3.94. The molecule has 0 radical (unpaired) electrons. The number of primary amides is 1. The Labute approximate surface area is 195 Å². The van der Waals surface area contributed by atoms with Gasteiger partial charge in [-0.05, 0) is 30.3 Å². The summed E-state index contributed by atoms with van der Waals surface area (Å²) in [5, 5.41) is 9.41. The first kappa shape index (κ1) is 23.1. The van der Waals surface area contributed by atoms with Crippen LogP contribution < -0.4 is 15.4 Å². The van der Waals surface area contributed by atoms with Crippen molar-refractivity contribution in [3.63, 3.8) is 0 Å². The Morgan fingerprint density at radius 3 is 2.59 bits per heavy atom. The SMILES string of the molecule is COc1nc(-c2cc(C#N)ccc2N2CCN(Cc3ncc(F)cc3F)CC2)ccc1C(N)=O. The van der Waals surface area contributed by atoms with Crippen LogP contribution in [0.2, 0.25) is 0 Å². The lowest BCUT2D eigenvalue weighted by atomic mass is 10.0. The Morgan fingerprint density at radius 2 is 1.94 bits per heavy atom. The number of nitrogens with two attached hydrogens (primary N) is 1. The summed E-state index contributed by atoms with van der Waals surface area (Å²) in [5.74, 6) is -1.90. The van der Waals surface area contributed by atoms with Gasteiger partial charge in [-0.2, -0.15) is 5.26 Å². The van der Waals surface area contributed by atoms with Gasteiger partial charge in [0.15, 0.2) is 0 Å². The number of hydrogen-bond acceptors (Lipinski definition) is 7. The van der Waals surface area contributed by atoms with Gasteiger partial charge in [0, 0.05) is 50.0 Å². The fraction of sp³-hybridized carbons (Fsp3) is 0.250. The highest BCUT2D eigenvalue weighted by Gasteiger charge is 2.23. The van der Waals surface area contributed by atoms with E-state index in [2.05, 4.69) is 20.9 Å². The van der Waals surface area contributed by atoms with Gasteiger partial charge in [-0.3, -0.25) is 14.7 Å². The first-order valence-electron chi connectivity index (χ1n) is 10.6. The molecule has 2 N–H and O–H groups in total. The molecule has 0 unspecified atom stereocenters.